The third-order valence-electron chi connectivity index (χ3n) is 1.17. The maximum Gasteiger partial charge on any atom is 0.128 e. The highest BCUT2D eigenvalue weighted by molar-refractivity contribution is 6.30. The molecule has 2 N–H and O–H groups in total. The number of halogens is 1. The van der Waals surface area contributed by atoms with Crippen molar-refractivity contribution in [2.75, 3.05) is 19.0 Å². The van der Waals surface area contributed by atoms with Gasteiger partial charge in [-0.1, -0.05) is 11.6 Å². The highest BCUT2D eigenvalue weighted by Gasteiger charge is 1.93. The van der Waals surface area contributed by atoms with Crippen molar-refractivity contribution < 1.29 is 5.48 Å². The molecule has 0 saturated carbocycles. The van der Waals surface area contributed by atoms with Gasteiger partial charge in [0.1, 0.15) is 5.82 Å². The van der Waals surface area contributed by atoms with Gasteiger partial charge in [0, 0.05) is 20.3 Å². The Morgan fingerprint density at radius 1 is 1.36 bits per heavy atom. The Bertz CT molecular complexity index is 210. The van der Waals surface area contributed by atoms with Gasteiger partial charge in [-0.3, -0.25) is 0 Å². The third kappa shape index (κ3) is 2.74. The van der Waals surface area contributed by atoms with Crippen LogP contribution < -0.4 is 4.90 Å². The molecule has 3 nitrogen and oxygen atoms in total. The molecule has 1 aromatic rings. The van der Waals surface area contributed by atoms with Gasteiger partial charge in [0.05, 0.1) is 5.02 Å². The molecule has 0 aliphatic rings. The number of hydrogen-bond acceptors (Lipinski definition) is 2. The van der Waals surface area contributed by atoms with Crippen LogP contribution in [0.15, 0.2) is 18.3 Å². The van der Waals surface area contributed by atoms with E-state index in [-0.39, 0.29) is 5.48 Å². The lowest BCUT2D eigenvalue weighted by Crippen LogP contribution is -2.09. The van der Waals surface area contributed by atoms with E-state index in [2.05, 4.69) is 4.98 Å². The van der Waals surface area contributed by atoms with Gasteiger partial charge in [-0.2, -0.15) is 0 Å². The zero-order valence-corrected chi connectivity index (χ0v) is 7.26. The van der Waals surface area contributed by atoms with Gasteiger partial charge in [-0.25, -0.2) is 4.98 Å². The van der Waals surface area contributed by atoms with Crippen LogP contribution in [0.4, 0.5) is 5.82 Å². The molecule has 0 aromatic carbocycles. The molecule has 1 rings (SSSR count). The average molecular weight is 175 g/mol. The minimum atomic E-state index is 0. The molecular formula is C7H11ClN2O. The number of rotatable bonds is 1. The van der Waals surface area contributed by atoms with E-state index < -0.39 is 0 Å². The molecule has 11 heavy (non-hydrogen) atoms. The third-order valence-corrected chi connectivity index (χ3v) is 1.39. The first-order chi connectivity index (χ1) is 4.70. The first-order valence-corrected chi connectivity index (χ1v) is 3.37. The first kappa shape index (κ1) is 10.2. The quantitative estimate of drug-likeness (QED) is 0.637. The van der Waals surface area contributed by atoms with Crippen LogP contribution in [-0.4, -0.2) is 24.6 Å². The highest BCUT2D eigenvalue weighted by Crippen LogP contribution is 2.10. The van der Waals surface area contributed by atoms with Crippen molar-refractivity contribution in [3.63, 3.8) is 0 Å². The standard InChI is InChI=1S/C7H9ClN2.H2O/c1-10(2)7-4-3-6(8)5-9-7;/h3-5H,1-2H3;1H2. The van der Waals surface area contributed by atoms with E-state index in [0.717, 1.165) is 5.82 Å². The summed E-state index contributed by atoms with van der Waals surface area (Å²) in [4.78, 5) is 6.00. The molecule has 4 heteroatoms. The molecule has 1 heterocycles. The molecule has 0 amide bonds. The minimum absolute atomic E-state index is 0. The van der Waals surface area contributed by atoms with Crippen molar-refractivity contribution in [2.24, 2.45) is 0 Å². The number of anilines is 1. The van der Waals surface area contributed by atoms with E-state index in [1.165, 1.54) is 0 Å². The second kappa shape index (κ2) is 4.16. The van der Waals surface area contributed by atoms with Gasteiger partial charge >= 0.3 is 0 Å². The lowest BCUT2D eigenvalue weighted by atomic mass is 10.4. The van der Waals surface area contributed by atoms with E-state index in [1.807, 2.05) is 31.1 Å². The second-order valence-electron chi connectivity index (χ2n) is 2.23. The molecule has 0 aliphatic carbocycles. The van der Waals surface area contributed by atoms with Crippen molar-refractivity contribution in [2.45, 2.75) is 0 Å². The number of pyridine rings is 1. The molecule has 1 aromatic heterocycles. The van der Waals surface area contributed by atoms with Crippen LogP contribution in [0.1, 0.15) is 0 Å². The minimum Gasteiger partial charge on any atom is -0.412 e. The molecule has 62 valence electrons. The van der Waals surface area contributed by atoms with E-state index in [0.29, 0.717) is 5.02 Å². The molecule has 0 unspecified atom stereocenters. The van der Waals surface area contributed by atoms with Gasteiger partial charge in [-0.05, 0) is 12.1 Å². The molecule has 0 saturated heterocycles. The molecule has 0 aliphatic heterocycles. The fraction of sp³-hybridized carbons (Fsp3) is 0.286. The summed E-state index contributed by atoms with van der Waals surface area (Å²) in [6.07, 6.45) is 1.64. The second-order valence-corrected chi connectivity index (χ2v) is 2.67. The summed E-state index contributed by atoms with van der Waals surface area (Å²) in [6, 6.07) is 3.70. The van der Waals surface area contributed by atoms with Crippen molar-refractivity contribution >= 4 is 17.4 Å². The Morgan fingerprint density at radius 2 is 2.00 bits per heavy atom. The van der Waals surface area contributed by atoms with Gasteiger partial charge in [0.25, 0.3) is 0 Å². The Morgan fingerprint density at radius 3 is 2.36 bits per heavy atom. The Balaban J connectivity index is 0.000001000. The normalized spacial score (nSPS) is 8.64. The van der Waals surface area contributed by atoms with Crippen LogP contribution in [-0.2, 0) is 0 Å². The molecule has 0 radical (unpaired) electrons. The van der Waals surface area contributed by atoms with Crippen molar-refractivity contribution in [1.82, 2.24) is 4.98 Å². The summed E-state index contributed by atoms with van der Waals surface area (Å²) in [7, 11) is 3.88. The summed E-state index contributed by atoms with van der Waals surface area (Å²) >= 11 is 5.64. The van der Waals surface area contributed by atoms with Crippen LogP contribution in [0.3, 0.4) is 0 Å². The van der Waals surface area contributed by atoms with Crippen LogP contribution in [0.25, 0.3) is 0 Å². The zero-order valence-electron chi connectivity index (χ0n) is 6.50. The van der Waals surface area contributed by atoms with Crippen molar-refractivity contribution in [3.8, 4) is 0 Å². The lowest BCUT2D eigenvalue weighted by Gasteiger charge is -2.09. The summed E-state index contributed by atoms with van der Waals surface area (Å²) in [6.45, 7) is 0. The first-order valence-electron chi connectivity index (χ1n) is 2.99. The van der Waals surface area contributed by atoms with Gasteiger partial charge in [-0.15, -0.1) is 0 Å². The van der Waals surface area contributed by atoms with Crippen molar-refractivity contribution in [1.29, 1.82) is 0 Å². The van der Waals surface area contributed by atoms with Crippen LogP contribution >= 0.6 is 11.6 Å². The van der Waals surface area contributed by atoms with E-state index in [1.54, 1.807) is 6.20 Å². The average Bonchev–Trinajstić information content (AvgIpc) is 1.88. The van der Waals surface area contributed by atoms with E-state index in [9.17, 15) is 0 Å². The molecule has 0 spiro atoms. The van der Waals surface area contributed by atoms with Gasteiger partial charge in [0.15, 0.2) is 0 Å². The summed E-state index contributed by atoms with van der Waals surface area (Å²) in [5, 5.41) is 0.672. The fourth-order valence-corrected chi connectivity index (χ4v) is 0.744. The Kier molecular flexibility index (Phi) is 3.85. The summed E-state index contributed by atoms with van der Waals surface area (Å²) in [5.41, 5.74) is 0. The highest BCUT2D eigenvalue weighted by atomic mass is 35.5. The number of nitrogens with zero attached hydrogens (tertiary/aromatic N) is 2. The summed E-state index contributed by atoms with van der Waals surface area (Å²) < 4.78 is 0. The zero-order chi connectivity index (χ0) is 7.56. The van der Waals surface area contributed by atoms with Gasteiger partial charge in [0.2, 0.25) is 0 Å². The number of aromatic nitrogens is 1. The predicted octanol–water partition coefficient (Wildman–Crippen LogP) is 0.976. The SMILES string of the molecule is CN(C)c1ccc(Cl)cn1.O. The fourth-order valence-electron chi connectivity index (χ4n) is 0.633. The monoisotopic (exact) mass is 174 g/mol. The maximum absolute atomic E-state index is 5.64. The topological polar surface area (TPSA) is 47.6 Å². The van der Waals surface area contributed by atoms with E-state index >= 15 is 0 Å². The van der Waals surface area contributed by atoms with E-state index in [4.69, 9.17) is 11.6 Å². The van der Waals surface area contributed by atoms with Gasteiger partial charge < -0.3 is 10.4 Å². The lowest BCUT2D eigenvalue weighted by molar-refractivity contribution is 0.824. The molecule has 0 fully saturated rings. The molecule has 0 bridgehead atoms. The van der Waals surface area contributed by atoms with Crippen LogP contribution in [0, 0.1) is 0 Å². The van der Waals surface area contributed by atoms with Crippen LogP contribution in [0.2, 0.25) is 5.02 Å². The smallest absolute Gasteiger partial charge is 0.128 e. The van der Waals surface area contributed by atoms with Crippen molar-refractivity contribution in [3.05, 3.63) is 23.4 Å². The predicted molar refractivity (Wildman–Crippen MR) is 47.2 cm³/mol. The number of hydrogen-bond donors (Lipinski definition) is 0. The molecular weight excluding hydrogens is 164 g/mol. The largest absolute Gasteiger partial charge is 0.412 e. The molecule has 0 atom stereocenters. The Hall–Kier alpha value is -0.800. The maximum atomic E-state index is 5.64. The summed E-state index contributed by atoms with van der Waals surface area (Å²) in [5.74, 6) is 0.921. The van der Waals surface area contributed by atoms with Crippen LogP contribution in [0.5, 0.6) is 0 Å². The Labute approximate surface area is 70.9 Å².